The topological polar surface area (TPSA) is 76.0 Å². The van der Waals surface area contributed by atoms with Crippen LogP contribution in [0.2, 0.25) is 5.02 Å². The second-order valence-electron chi connectivity index (χ2n) is 6.38. The highest BCUT2D eigenvalue weighted by molar-refractivity contribution is 6.33. The molecule has 0 bridgehead atoms. The number of amides is 2. The van der Waals surface area contributed by atoms with Gasteiger partial charge in [-0.2, -0.15) is 5.10 Å². The molecule has 0 saturated carbocycles. The summed E-state index contributed by atoms with van der Waals surface area (Å²) in [5, 5.41) is 4.82. The fraction of sp³-hybridized carbons (Fsp3) is 0.389. The molecule has 1 aromatic carbocycles. The summed E-state index contributed by atoms with van der Waals surface area (Å²) in [6.07, 6.45) is 0.151. The zero-order chi connectivity index (χ0) is 18.6. The zero-order valence-electron chi connectivity index (χ0n) is 14.9. The number of benzene rings is 1. The van der Waals surface area contributed by atoms with E-state index >= 15 is 0 Å². The molecule has 0 atom stereocenters. The van der Waals surface area contributed by atoms with E-state index in [0.717, 1.165) is 23.5 Å². The summed E-state index contributed by atoms with van der Waals surface area (Å²) >= 11 is 5.97. The van der Waals surface area contributed by atoms with E-state index in [1.165, 1.54) is 0 Å². The lowest BCUT2D eigenvalue weighted by atomic mass is 10.1. The SMILES string of the molecule is Cc1nn(CC(C)C)c(C)c1CC(=O)NNC(=O)c1ccccc1Cl. The Morgan fingerprint density at radius 3 is 2.52 bits per heavy atom. The van der Waals surface area contributed by atoms with Crippen LogP contribution < -0.4 is 10.9 Å². The van der Waals surface area contributed by atoms with E-state index in [1.807, 2.05) is 18.5 Å². The van der Waals surface area contributed by atoms with Crippen LogP contribution in [0.3, 0.4) is 0 Å². The third-order valence-corrected chi connectivity index (χ3v) is 4.17. The summed E-state index contributed by atoms with van der Waals surface area (Å²) in [6.45, 7) is 8.87. The van der Waals surface area contributed by atoms with Gasteiger partial charge in [0.2, 0.25) is 5.91 Å². The van der Waals surface area contributed by atoms with Crippen LogP contribution in [-0.2, 0) is 17.8 Å². The van der Waals surface area contributed by atoms with E-state index in [2.05, 4.69) is 29.8 Å². The fourth-order valence-corrected chi connectivity index (χ4v) is 2.78. The molecule has 0 radical (unpaired) electrons. The third-order valence-electron chi connectivity index (χ3n) is 3.84. The van der Waals surface area contributed by atoms with Crippen molar-refractivity contribution in [2.24, 2.45) is 5.92 Å². The van der Waals surface area contributed by atoms with E-state index in [9.17, 15) is 9.59 Å². The second-order valence-corrected chi connectivity index (χ2v) is 6.79. The third kappa shape index (κ3) is 4.82. The molecule has 6 nitrogen and oxygen atoms in total. The van der Waals surface area contributed by atoms with Gasteiger partial charge in [0.05, 0.1) is 22.7 Å². The Morgan fingerprint density at radius 2 is 1.88 bits per heavy atom. The molecule has 2 N–H and O–H groups in total. The number of carbonyl (C=O) groups excluding carboxylic acids is 2. The van der Waals surface area contributed by atoms with Gasteiger partial charge in [-0.15, -0.1) is 0 Å². The number of halogens is 1. The first kappa shape index (κ1) is 19.0. The highest BCUT2D eigenvalue weighted by Gasteiger charge is 2.16. The van der Waals surface area contributed by atoms with Crippen LogP contribution in [0.25, 0.3) is 0 Å². The molecule has 0 fully saturated rings. The Morgan fingerprint density at radius 1 is 1.20 bits per heavy atom. The molecule has 7 heteroatoms. The lowest BCUT2D eigenvalue weighted by Gasteiger charge is -2.09. The quantitative estimate of drug-likeness (QED) is 0.803. The van der Waals surface area contributed by atoms with Gasteiger partial charge in [-0.25, -0.2) is 0 Å². The number of hydrazine groups is 1. The Hall–Kier alpha value is -2.34. The summed E-state index contributed by atoms with van der Waals surface area (Å²) in [6, 6.07) is 6.65. The average molecular weight is 363 g/mol. The van der Waals surface area contributed by atoms with Crippen LogP contribution in [0, 0.1) is 19.8 Å². The average Bonchev–Trinajstić information content (AvgIpc) is 2.80. The summed E-state index contributed by atoms with van der Waals surface area (Å²) in [7, 11) is 0. The second kappa shape index (κ2) is 8.16. The number of nitrogens with zero attached hydrogens (tertiary/aromatic N) is 2. The fourth-order valence-electron chi connectivity index (χ4n) is 2.56. The lowest BCUT2D eigenvalue weighted by molar-refractivity contribution is -0.121. The van der Waals surface area contributed by atoms with E-state index in [1.54, 1.807) is 24.3 Å². The smallest absolute Gasteiger partial charge is 0.271 e. The van der Waals surface area contributed by atoms with Crippen LogP contribution in [-0.4, -0.2) is 21.6 Å². The van der Waals surface area contributed by atoms with Crippen LogP contribution in [0.15, 0.2) is 24.3 Å². The molecule has 0 aliphatic carbocycles. The number of aryl methyl sites for hydroxylation is 1. The van der Waals surface area contributed by atoms with Crippen molar-refractivity contribution in [3.05, 3.63) is 51.8 Å². The Labute approximate surface area is 152 Å². The van der Waals surface area contributed by atoms with Gasteiger partial charge in [0, 0.05) is 17.8 Å². The molecule has 2 rings (SSSR count). The van der Waals surface area contributed by atoms with Crippen LogP contribution in [0.5, 0.6) is 0 Å². The van der Waals surface area contributed by atoms with Crippen molar-refractivity contribution in [3.63, 3.8) is 0 Å². The number of hydrogen-bond acceptors (Lipinski definition) is 3. The van der Waals surface area contributed by atoms with Gasteiger partial charge in [-0.05, 0) is 31.9 Å². The predicted molar refractivity (Wildman–Crippen MR) is 97.3 cm³/mol. The van der Waals surface area contributed by atoms with Gasteiger partial charge in [0.1, 0.15) is 0 Å². The lowest BCUT2D eigenvalue weighted by Crippen LogP contribution is -2.42. The predicted octanol–water partition coefficient (Wildman–Crippen LogP) is 2.81. The van der Waals surface area contributed by atoms with E-state index in [4.69, 9.17) is 11.6 Å². The molecule has 1 heterocycles. The van der Waals surface area contributed by atoms with Gasteiger partial charge >= 0.3 is 0 Å². The molecule has 0 aliphatic rings. The molecule has 0 spiro atoms. The van der Waals surface area contributed by atoms with E-state index in [0.29, 0.717) is 16.5 Å². The van der Waals surface area contributed by atoms with Gasteiger partial charge in [-0.3, -0.25) is 25.1 Å². The summed E-state index contributed by atoms with van der Waals surface area (Å²) in [5.41, 5.74) is 7.80. The number of rotatable bonds is 5. The highest BCUT2D eigenvalue weighted by Crippen LogP contribution is 2.16. The van der Waals surface area contributed by atoms with E-state index < -0.39 is 5.91 Å². The molecule has 1 aromatic heterocycles. The molecular formula is C18H23ClN4O2. The van der Waals surface area contributed by atoms with Crippen molar-refractivity contribution in [1.82, 2.24) is 20.6 Å². The van der Waals surface area contributed by atoms with Crippen molar-refractivity contribution in [2.45, 2.75) is 40.7 Å². The molecule has 0 aliphatic heterocycles. The zero-order valence-corrected chi connectivity index (χ0v) is 15.6. The van der Waals surface area contributed by atoms with Gasteiger partial charge in [0.15, 0.2) is 0 Å². The van der Waals surface area contributed by atoms with Crippen LogP contribution >= 0.6 is 11.6 Å². The monoisotopic (exact) mass is 362 g/mol. The number of aromatic nitrogens is 2. The molecule has 0 unspecified atom stereocenters. The van der Waals surface area contributed by atoms with Gasteiger partial charge < -0.3 is 0 Å². The van der Waals surface area contributed by atoms with Crippen molar-refractivity contribution >= 4 is 23.4 Å². The van der Waals surface area contributed by atoms with Crippen molar-refractivity contribution < 1.29 is 9.59 Å². The summed E-state index contributed by atoms with van der Waals surface area (Å²) in [4.78, 5) is 24.2. The number of nitrogens with one attached hydrogen (secondary N) is 2. The normalized spacial score (nSPS) is 10.8. The van der Waals surface area contributed by atoms with Crippen molar-refractivity contribution in [2.75, 3.05) is 0 Å². The Balaban J connectivity index is 1.98. The van der Waals surface area contributed by atoms with Gasteiger partial charge in [-0.1, -0.05) is 37.6 Å². The molecule has 134 valence electrons. The minimum atomic E-state index is -0.456. The Kier molecular flexibility index (Phi) is 6.20. The van der Waals surface area contributed by atoms with Crippen LogP contribution in [0.4, 0.5) is 0 Å². The summed E-state index contributed by atoms with van der Waals surface area (Å²) in [5.74, 6) is -0.298. The highest BCUT2D eigenvalue weighted by atomic mass is 35.5. The van der Waals surface area contributed by atoms with Crippen molar-refractivity contribution in [3.8, 4) is 0 Å². The van der Waals surface area contributed by atoms with E-state index in [-0.39, 0.29) is 12.3 Å². The molecule has 25 heavy (non-hydrogen) atoms. The standard InChI is InChI=1S/C18H23ClN4O2/c1-11(2)10-23-13(4)15(12(3)22-23)9-17(24)20-21-18(25)14-7-5-6-8-16(14)19/h5-8,11H,9-10H2,1-4H3,(H,20,24)(H,21,25). The number of hydrogen-bond donors (Lipinski definition) is 2. The molecule has 0 saturated heterocycles. The first-order valence-corrected chi connectivity index (χ1v) is 8.54. The maximum atomic E-state index is 12.2. The van der Waals surface area contributed by atoms with Gasteiger partial charge in [0.25, 0.3) is 5.91 Å². The molecule has 2 aromatic rings. The summed E-state index contributed by atoms with van der Waals surface area (Å²) < 4.78 is 1.92. The van der Waals surface area contributed by atoms with Crippen molar-refractivity contribution in [1.29, 1.82) is 0 Å². The maximum absolute atomic E-state index is 12.2. The Bertz CT molecular complexity index is 783. The number of carbonyl (C=O) groups is 2. The largest absolute Gasteiger partial charge is 0.273 e. The minimum absolute atomic E-state index is 0.151. The first-order valence-electron chi connectivity index (χ1n) is 8.16. The first-order chi connectivity index (χ1) is 11.8. The molecule has 2 amide bonds. The molecular weight excluding hydrogens is 340 g/mol. The van der Waals surface area contributed by atoms with Crippen LogP contribution in [0.1, 0.15) is 41.2 Å². The minimum Gasteiger partial charge on any atom is -0.273 e. The maximum Gasteiger partial charge on any atom is 0.271 e.